The van der Waals surface area contributed by atoms with Crippen LogP contribution in [0.1, 0.15) is 30.4 Å². The maximum atomic E-state index is 12.0. The van der Waals surface area contributed by atoms with Crippen molar-refractivity contribution in [2.24, 2.45) is 0 Å². The summed E-state index contributed by atoms with van der Waals surface area (Å²) >= 11 is 0. The van der Waals surface area contributed by atoms with E-state index in [2.05, 4.69) is 5.32 Å². The SMILES string of the molecule is Cc1ccn(CC(=O)NCCCN2CCCC2=O)c(=O)c1C#N. The lowest BCUT2D eigenvalue weighted by Gasteiger charge is -2.15. The van der Waals surface area contributed by atoms with Crippen LogP contribution in [0, 0.1) is 18.3 Å². The third-order valence-corrected chi connectivity index (χ3v) is 3.90. The van der Waals surface area contributed by atoms with Gasteiger partial charge in [-0.25, -0.2) is 0 Å². The number of carbonyl (C=O) groups excluding carboxylic acids is 2. The van der Waals surface area contributed by atoms with Gasteiger partial charge in [-0.2, -0.15) is 5.26 Å². The summed E-state index contributed by atoms with van der Waals surface area (Å²) in [6, 6.07) is 3.51. The van der Waals surface area contributed by atoms with E-state index in [0.29, 0.717) is 31.5 Å². The zero-order valence-electron chi connectivity index (χ0n) is 13.2. The van der Waals surface area contributed by atoms with E-state index in [-0.39, 0.29) is 23.9 Å². The summed E-state index contributed by atoms with van der Waals surface area (Å²) in [5.74, 6) is -0.112. The van der Waals surface area contributed by atoms with Crippen molar-refractivity contribution in [2.75, 3.05) is 19.6 Å². The van der Waals surface area contributed by atoms with E-state index in [1.54, 1.807) is 17.9 Å². The topological polar surface area (TPSA) is 95.2 Å². The summed E-state index contributed by atoms with van der Waals surface area (Å²) in [5, 5.41) is 11.7. The van der Waals surface area contributed by atoms with Gasteiger partial charge in [-0.05, 0) is 31.4 Å². The Kier molecular flexibility index (Phi) is 5.52. The number of carbonyl (C=O) groups is 2. The highest BCUT2D eigenvalue weighted by Crippen LogP contribution is 2.09. The Balaban J connectivity index is 1.80. The average Bonchev–Trinajstić information content (AvgIpc) is 2.92. The van der Waals surface area contributed by atoms with Gasteiger partial charge in [0.25, 0.3) is 5.56 Å². The first kappa shape index (κ1) is 16.7. The molecule has 0 radical (unpaired) electrons. The molecule has 0 spiro atoms. The minimum absolute atomic E-state index is 0.0628. The van der Waals surface area contributed by atoms with Gasteiger partial charge >= 0.3 is 0 Å². The van der Waals surface area contributed by atoms with Crippen LogP contribution in [0.3, 0.4) is 0 Å². The predicted molar refractivity (Wildman–Crippen MR) is 83.6 cm³/mol. The molecular weight excluding hydrogens is 296 g/mol. The van der Waals surface area contributed by atoms with Crippen LogP contribution in [0.15, 0.2) is 17.1 Å². The van der Waals surface area contributed by atoms with Crippen LogP contribution in [0.4, 0.5) is 0 Å². The van der Waals surface area contributed by atoms with Crippen LogP contribution in [0.5, 0.6) is 0 Å². The standard InChI is InChI=1S/C16H20N4O3/c1-12-5-9-20(16(23)13(12)10-17)11-14(21)18-6-3-8-19-7-2-4-15(19)22/h5,9H,2-4,6-8,11H2,1H3,(H,18,21). The van der Waals surface area contributed by atoms with Gasteiger partial charge in [0.1, 0.15) is 18.2 Å². The van der Waals surface area contributed by atoms with Crippen molar-refractivity contribution < 1.29 is 9.59 Å². The number of hydrogen-bond acceptors (Lipinski definition) is 4. The minimum atomic E-state index is -0.453. The number of amides is 2. The first-order valence-electron chi connectivity index (χ1n) is 7.67. The van der Waals surface area contributed by atoms with E-state index in [0.717, 1.165) is 13.0 Å². The van der Waals surface area contributed by atoms with Crippen molar-refractivity contribution in [3.63, 3.8) is 0 Å². The van der Waals surface area contributed by atoms with E-state index >= 15 is 0 Å². The molecule has 7 heteroatoms. The molecule has 0 saturated carbocycles. The van der Waals surface area contributed by atoms with Crippen molar-refractivity contribution >= 4 is 11.8 Å². The Morgan fingerprint density at radius 3 is 2.87 bits per heavy atom. The first-order chi connectivity index (χ1) is 11.0. The smallest absolute Gasteiger partial charge is 0.269 e. The lowest BCUT2D eigenvalue weighted by Crippen LogP contribution is -2.35. The highest BCUT2D eigenvalue weighted by molar-refractivity contribution is 5.78. The number of aromatic nitrogens is 1. The van der Waals surface area contributed by atoms with Crippen LogP contribution >= 0.6 is 0 Å². The summed E-state index contributed by atoms with van der Waals surface area (Å²) in [6.45, 7) is 3.46. The Morgan fingerprint density at radius 1 is 1.43 bits per heavy atom. The van der Waals surface area contributed by atoms with Crippen molar-refractivity contribution in [3.05, 3.63) is 33.7 Å². The Labute approximate surface area is 134 Å². The summed E-state index contributed by atoms with van der Waals surface area (Å²) in [7, 11) is 0. The second-order valence-electron chi connectivity index (χ2n) is 5.61. The molecule has 0 atom stereocenters. The number of nitrogens with zero attached hydrogens (tertiary/aromatic N) is 3. The third-order valence-electron chi connectivity index (χ3n) is 3.90. The summed E-state index contributed by atoms with van der Waals surface area (Å²) in [4.78, 5) is 37.1. The highest BCUT2D eigenvalue weighted by atomic mass is 16.2. The number of hydrogen-bond donors (Lipinski definition) is 1. The van der Waals surface area contributed by atoms with Gasteiger partial charge in [0.2, 0.25) is 11.8 Å². The van der Waals surface area contributed by atoms with Crippen molar-refractivity contribution in [1.29, 1.82) is 5.26 Å². The quantitative estimate of drug-likeness (QED) is 0.756. The molecule has 1 N–H and O–H groups in total. The third kappa shape index (κ3) is 4.19. The molecule has 1 saturated heterocycles. The van der Waals surface area contributed by atoms with Gasteiger partial charge < -0.3 is 14.8 Å². The number of rotatable bonds is 6. The molecule has 1 aromatic heterocycles. The van der Waals surface area contributed by atoms with Crippen LogP contribution in [0.2, 0.25) is 0 Å². The van der Waals surface area contributed by atoms with Crippen molar-refractivity contribution in [3.8, 4) is 6.07 Å². The monoisotopic (exact) mass is 316 g/mol. The van der Waals surface area contributed by atoms with E-state index in [1.807, 2.05) is 6.07 Å². The molecule has 0 aliphatic carbocycles. The van der Waals surface area contributed by atoms with Crippen LogP contribution in [-0.4, -0.2) is 40.9 Å². The number of nitriles is 1. The van der Waals surface area contributed by atoms with Crippen molar-refractivity contribution in [1.82, 2.24) is 14.8 Å². The molecule has 23 heavy (non-hydrogen) atoms. The van der Waals surface area contributed by atoms with Crippen LogP contribution < -0.4 is 10.9 Å². The molecule has 0 unspecified atom stereocenters. The van der Waals surface area contributed by atoms with Gasteiger partial charge in [0.15, 0.2) is 0 Å². The molecule has 7 nitrogen and oxygen atoms in total. The van der Waals surface area contributed by atoms with Gasteiger partial charge in [0.05, 0.1) is 0 Å². The lowest BCUT2D eigenvalue weighted by atomic mass is 10.2. The van der Waals surface area contributed by atoms with Crippen LogP contribution in [-0.2, 0) is 16.1 Å². The fourth-order valence-electron chi connectivity index (χ4n) is 2.57. The second kappa shape index (κ2) is 7.58. The molecule has 2 rings (SSSR count). The molecule has 2 heterocycles. The molecule has 0 aromatic carbocycles. The van der Waals surface area contributed by atoms with E-state index in [4.69, 9.17) is 5.26 Å². The number of pyridine rings is 1. The molecule has 1 fully saturated rings. The molecular formula is C16H20N4O3. The molecule has 1 aliphatic heterocycles. The Bertz CT molecular complexity index is 702. The normalized spacial score (nSPS) is 13.9. The van der Waals surface area contributed by atoms with Gasteiger partial charge in [-0.1, -0.05) is 0 Å². The first-order valence-corrected chi connectivity index (χ1v) is 7.67. The molecule has 2 amide bonds. The largest absolute Gasteiger partial charge is 0.354 e. The van der Waals surface area contributed by atoms with Crippen LogP contribution in [0.25, 0.3) is 0 Å². The molecule has 1 aromatic rings. The molecule has 122 valence electrons. The zero-order chi connectivity index (χ0) is 16.8. The zero-order valence-corrected chi connectivity index (χ0v) is 13.2. The molecule has 1 aliphatic rings. The average molecular weight is 316 g/mol. The van der Waals surface area contributed by atoms with Gasteiger partial charge in [-0.15, -0.1) is 0 Å². The highest BCUT2D eigenvalue weighted by Gasteiger charge is 2.19. The maximum Gasteiger partial charge on any atom is 0.269 e. The summed E-state index contributed by atoms with van der Waals surface area (Å²) < 4.78 is 1.23. The Hall–Kier alpha value is -2.62. The van der Waals surface area contributed by atoms with Gasteiger partial charge in [-0.3, -0.25) is 14.4 Å². The van der Waals surface area contributed by atoms with E-state index in [1.165, 1.54) is 10.8 Å². The number of aryl methyl sites for hydroxylation is 1. The van der Waals surface area contributed by atoms with E-state index in [9.17, 15) is 14.4 Å². The maximum absolute atomic E-state index is 12.0. The summed E-state index contributed by atoms with van der Waals surface area (Å²) in [5.41, 5.74) is 0.211. The fourth-order valence-corrected chi connectivity index (χ4v) is 2.57. The fraction of sp³-hybridized carbons (Fsp3) is 0.500. The predicted octanol–water partition coefficient (Wildman–Crippen LogP) is 0.157. The van der Waals surface area contributed by atoms with Gasteiger partial charge in [0, 0.05) is 32.3 Å². The number of nitrogens with one attached hydrogen (secondary N) is 1. The second-order valence-corrected chi connectivity index (χ2v) is 5.61. The summed E-state index contributed by atoms with van der Waals surface area (Å²) in [6.07, 6.45) is 3.72. The Morgan fingerprint density at radius 2 is 2.22 bits per heavy atom. The van der Waals surface area contributed by atoms with E-state index < -0.39 is 5.56 Å². The number of likely N-dealkylation sites (tertiary alicyclic amines) is 1. The molecule has 0 bridgehead atoms. The van der Waals surface area contributed by atoms with Crippen molar-refractivity contribution in [2.45, 2.75) is 32.7 Å². The lowest BCUT2D eigenvalue weighted by molar-refractivity contribution is -0.127. The minimum Gasteiger partial charge on any atom is -0.354 e.